The van der Waals surface area contributed by atoms with Crippen LogP contribution in [0.5, 0.6) is 0 Å². The molecule has 0 atom stereocenters. The van der Waals surface area contributed by atoms with Crippen LogP contribution in [0.3, 0.4) is 0 Å². The highest BCUT2D eigenvalue weighted by molar-refractivity contribution is 7.90. The number of benzene rings is 1. The van der Waals surface area contributed by atoms with Crippen LogP contribution in [-0.4, -0.2) is 30.3 Å². The summed E-state index contributed by atoms with van der Waals surface area (Å²) in [6.45, 7) is 0. The van der Waals surface area contributed by atoms with Gasteiger partial charge < -0.3 is 5.11 Å². The van der Waals surface area contributed by atoms with E-state index in [-0.39, 0.29) is 10.6 Å². The molecule has 2 N–H and O–H groups in total. The topological polar surface area (TPSA) is 144 Å². The Morgan fingerprint density at radius 2 is 1.75 bits per heavy atom. The molecular weight excluding hydrogens is 292 g/mol. The van der Waals surface area contributed by atoms with Gasteiger partial charge in [-0.1, -0.05) is 0 Å². The zero-order valence-electron chi connectivity index (χ0n) is 9.98. The average Bonchev–Trinajstić information content (AvgIpc) is 2.36. The lowest BCUT2D eigenvalue weighted by atomic mass is 10.3. The first kappa shape index (κ1) is 15.6. The van der Waals surface area contributed by atoms with E-state index in [1.165, 1.54) is 0 Å². The Morgan fingerprint density at radius 3 is 2.20 bits per heavy atom. The number of non-ortho nitro benzene ring substituents is 1. The molecule has 0 saturated carbocycles. The van der Waals surface area contributed by atoms with E-state index in [2.05, 4.69) is 0 Å². The molecule has 0 bridgehead atoms. The molecule has 1 amide bonds. The van der Waals surface area contributed by atoms with Gasteiger partial charge in [0, 0.05) is 18.6 Å². The fourth-order valence-electron chi connectivity index (χ4n) is 1.23. The summed E-state index contributed by atoms with van der Waals surface area (Å²) in [4.78, 5) is 30.9. The first-order valence-electron chi connectivity index (χ1n) is 5.24. The van der Waals surface area contributed by atoms with Crippen molar-refractivity contribution in [1.29, 1.82) is 0 Å². The fraction of sp³-hybridized carbons (Fsp3) is 0.200. The number of carboxylic acid groups (broad SMARTS) is 1. The minimum absolute atomic E-state index is 0.291. The van der Waals surface area contributed by atoms with Crippen molar-refractivity contribution < 1.29 is 28.0 Å². The molecule has 0 fully saturated rings. The zero-order chi connectivity index (χ0) is 15.3. The second-order valence-corrected chi connectivity index (χ2v) is 5.36. The molecule has 0 saturated heterocycles. The van der Waals surface area contributed by atoms with Crippen LogP contribution in [-0.2, 0) is 19.6 Å². The number of carbonyl (C=O) groups excluding carboxylic acids is 1. The summed E-state index contributed by atoms with van der Waals surface area (Å²) in [7, 11) is -4.16. The lowest BCUT2D eigenvalue weighted by Crippen LogP contribution is -2.30. The molecule has 9 nitrogen and oxygen atoms in total. The molecule has 1 aromatic rings. The van der Waals surface area contributed by atoms with Crippen LogP contribution < -0.4 is 4.72 Å². The molecule has 20 heavy (non-hydrogen) atoms. The maximum atomic E-state index is 11.7. The number of nitro groups is 1. The van der Waals surface area contributed by atoms with Gasteiger partial charge in [-0.15, -0.1) is 0 Å². The van der Waals surface area contributed by atoms with Gasteiger partial charge in [0.1, 0.15) is 0 Å². The third-order valence-electron chi connectivity index (χ3n) is 2.17. The SMILES string of the molecule is O=C(O)CCC(=O)NS(=O)(=O)c1ccc([N+](=O)[O-])cc1. The first-order chi connectivity index (χ1) is 9.22. The van der Waals surface area contributed by atoms with Crippen LogP contribution in [0.4, 0.5) is 5.69 Å². The number of nitro benzene ring substituents is 1. The lowest BCUT2D eigenvalue weighted by Gasteiger charge is -2.05. The summed E-state index contributed by atoms with van der Waals surface area (Å²) in [6.07, 6.45) is -0.983. The van der Waals surface area contributed by atoms with Crippen LogP contribution in [0.2, 0.25) is 0 Å². The predicted octanol–water partition coefficient (Wildman–Crippen LogP) is 0.265. The van der Waals surface area contributed by atoms with Crippen LogP contribution in [0.15, 0.2) is 29.2 Å². The van der Waals surface area contributed by atoms with Gasteiger partial charge in [0.15, 0.2) is 0 Å². The Morgan fingerprint density at radius 1 is 1.20 bits per heavy atom. The summed E-state index contributed by atoms with van der Waals surface area (Å²) >= 11 is 0. The molecule has 0 aromatic heterocycles. The summed E-state index contributed by atoms with van der Waals surface area (Å²) in [5.74, 6) is -2.20. The van der Waals surface area contributed by atoms with E-state index in [4.69, 9.17) is 5.11 Å². The highest BCUT2D eigenvalue weighted by Crippen LogP contribution is 2.15. The highest BCUT2D eigenvalue weighted by Gasteiger charge is 2.19. The average molecular weight is 302 g/mol. The van der Waals surface area contributed by atoms with Crippen LogP contribution in [0.25, 0.3) is 0 Å². The van der Waals surface area contributed by atoms with Gasteiger partial charge >= 0.3 is 5.97 Å². The molecule has 0 aliphatic heterocycles. The first-order valence-corrected chi connectivity index (χ1v) is 6.72. The normalized spacial score (nSPS) is 10.8. The number of rotatable bonds is 6. The Hall–Kier alpha value is -2.49. The Balaban J connectivity index is 2.80. The van der Waals surface area contributed by atoms with Crippen LogP contribution in [0, 0.1) is 10.1 Å². The van der Waals surface area contributed by atoms with Gasteiger partial charge in [0.2, 0.25) is 5.91 Å². The van der Waals surface area contributed by atoms with Crippen molar-refractivity contribution in [3.05, 3.63) is 34.4 Å². The summed E-state index contributed by atoms with van der Waals surface area (Å²) in [5, 5.41) is 18.8. The van der Waals surface area contributed by atoms with E-state index in [1.54, 1.807) is 4.72 Å². The molecule has 10 heteroatoms. The lowest BCUT2D eigenvalue weighted by molar-refractivity contribution is -0.384. The number of carboxylic acids is 1. The number of carbonyl (C=O) groups is 2. The number of nitrogens with zero attached hydrogens (tertiary/aromatic N) is 1. The van der Waals surface area contributed by atoms with Crippen molar-refractivity contribution in [2.75, 3.05) is 0 Å². The van der Waals surface area contributed by atoms with Crippen LogP contribution in [0.1, 0.15) is 12.8 Å². The summed E-state index contributed by atoms with van der Waals surface area (Å²) < 4.78 is 25.1. The molecule has 0 spiro atoms. The maximum absolute atomic E-state index is 11.7. The third-order valence-corrected chi connectivity index (χ3v) is 3.56. The van der Waals surface area contributed by atoms with Crippen molar-refractivity contribution in [3.63, 3.8) is 0 Å². The van der Waals surface area contributed by atoms with Crippen molar-refractivity contribution in [2.24, 2.45) is 0 Å². The second-order valence-electron chi connectivity index (χ2n) is 3.67. The molecule has 1 aromatic carbocycles. The van der Waals surface area contributed by atoms with E-state index < -0.39 is 39.7 Å². The minimum atomic E-state index is -4.16. The van der Waals surface area contributed by atoms with E-state index >= 15 is 0 Å². The largest absolute Gasteiger partial charge is 0.481 e. The number of hydrogen-bond donors (Lipinski definition) is 2. The van der Waals surface area contributed by atoms with Crippen molar-refractivity contribution in [1.82, 2.24) is 4.72 Å². The van der Waals surface area contributed by atoms with E-state index in [0.717, 1.165) is 24.3 Å². The van der Waals surface area contributed by atoms with Gasteiger partial charge in [-0.3, -0.25) is 19.7 Å². The molecule has 0 heterocycles. The molecule has 1 rings (SSSR count). The van der Waals surface area contributed by atoms with E-state index in [9.17, 15) is 28.1 Å². The third kappa shape index (κ3) is 4.31. The number of aliphatic carboxylic acids is 1. The second kappa shape index (κ2) is 6.10. The number of hydrogen-bond acceptors (Lipinski definition) is 6. The fourth-order valence-corrected chi connectivity index (χ4v) is 2.24. The molecule has 0 aliphatic carbocycles. The van der Waals surface area contributed by atoms with Crippen molar-refractivity contribution in [3.8, 4) is 0 Å². The van der Waals surface area contributed by atoms with Gasteiger partial charge in [-0.2, -0.15) is 0 Å². The van der Waals surface area contributed by atoms with Gasteiger partial charge in [0.25, 0.3) is 15.7 Å². The predicted molar refractivity (Wildman–Crippen MR) is 65.3 cm³/mol. The molecule has 0 unspecified atom stereocenters. The van der Waals surface area contributed by atoms with Gasteiger partial charge in [0.05, 0.1) is 16.2 Å². The summed E-state index contributed by atoms with van der Waals surface area (Å²) in [6, 6.07) is 3.92. The smallest absolute Gasteiger partial charge is 0.303 e. The molecule has 0 aliphatic rings. The van der Waals surface area contributed by atoms with E-state index in [0.29, 0.717) is 0 Å². The highest BCUT2D eigenvalue weighted by atomic mass is 32.2. The quantitative estimate of drug-likeness (QED) is 0.566. The Bertz CT molecular complexity index is 636. The van der Waals surface area contributed by atoms with E-state index in [1.807, 2.05) is 0 Å². The molecular formula is C10H10N2O7S. The van der Waals surface area contributed by atoms with Gasteiger partial charge in [-0.25, -0.2) is 13.1 Å². The van der Waals surface area contributed by atoms with Crippen molar-refractivity contribution in [2.45, 2.75) is 17.7 Å². The monoisotopic (exact) mass is 302 g/mol. The number of amides is 1. The van der Waals surface area contributed by atoms with Crippen LogP contribution >= 0.6 is 0 Å². The number of nitrogens with one attached hydrogen (secondary N) is 1. The van der Waals surface area contributed by atoms with Gasteiger partial charge in [-0.05, 0) is 12.1 Å². The standard InChI is InChI=1S/C10H10N2O7S/c13-9(5-6-10(14)15)11-20(18,19)8-3-1-7(2-4-8)12(16)17/h1-4H,5-6H2,(H,11,13)(H,14,15). The zero-order valence-corrected chi connectivity index (χ0v) is 10.8. The van der Waals surface area contributed by atoms with Crippen molar-refractivity contribution >= 4 is 27.6 Å². The Kier molecular flexibility index (Phi) is 4.75. The molecule has 0 radical (unpaired) electrons. The minimum Gasteiger partial charge on any atom is -0.481 e. The Labute approximate surface area is 113 Å². The molecule has 108 valence electrons. The summed E-state index contributed by atoms with van der Waals surface area (Å²) in [5.41, 5.74) is -0.291. The number of sulfonamides is 1. The maximum Gasteiger partial charge on any atom is 0.303 e.